The van der Waals surface area contributed by atoms with Gasteiger partial charge in [0.2, 0.25) is 0 Å². The van der Waals surface area contributed by atoms with E-state index in [1.165, 1.54) is 25.0 Å². The van der Waals surface area contributed by atoms with Gasteiger partial charge < -0.3 is 10.0 Å². The fourth-order valence-electron chi connectivity index (χ4n) is 2.16. The predicted octanol–water partition coefficient (Wildman–Crippen LogP) is 2.05. The Bertz CT molecular complexity index is 189. The Morgan fingerprint density at radius 2 is 2.29 bits per heavy atom. The lowest BCUT2D eigenvalue weighted by atomic mass is 9.89. The summed E-state index contributed by atoms with van der Waals surface area (Å²) in [5.41, 5.74) is 1.23. The molecule has 14 heavy (non-hydrogen) atoms. The molecule has 1 saturated heterocycles. The zero-order valence-corrected chi connectivity index (χ0v) is 9.50. The molecule has 0 aliphatic carbocycles. The molecule has 0 aromatic carbocycles. The first-order chi connectivity index (χ1) is 6.65. The highest BCUT2D eigenvalue weighted by Gasteiger charge is 2.22. The monoisotopic (exact) mass is 197 g/mol. The van der Waals surface area contributed by atoms with Crippen LogP contribution in [-0.2, 0) is 0 Å². The zero-order valence-electron chi connectivity index (χ0n) is 9.50. The Morgan fingerprint density at radius 1 is 1.57 bits per heavy atom. The third-order valence-corrected chi connectivity index (χ3v) is 3.19. The van der Waals surface area contributed by atoms with Gasteiger partial charge in [-0.2, -0.15) is 0 Å². The van der Waals surface area contributed by atoms with Crippen molar-refractivity contribution in [2.24, 2.45) is 5.92 Å². The first kappa shape index (κ1) is 11.7. The first-order valence-corrected chi connectivity index (χ1v) is 5.67. The van der Waals surface area contributed by atoms with E-state index in [4.69, 9.17) is 5.11 Å². The van der Waals surface area contributed by atoms with Crippen LogP contribution >= 0.6 is 0 Å². The Morgan fingerprint density at radius 3 is 2.86 bits per heavy atom. The lowest BCUT2D eigenvalue weighted by molar-refractivity contribution is 0.150. The van der Waals surface area contributed by atoms with Crippen molar-refractivity contribution in [1.29, 1.82) is 0 Å². The summed E-state index contributed by atoms with van der Waals surface area (Å²) in [4.78, 5) is 2.51. The summed E-state index contributed by atoms with van der Waals surface area (Å²) < 4.78 is 0. The fraction of sp³-hybridized carbons (Fsp3) is 0.833. The average molecular weight is 197 g/mol. The summed E-state index contributed by atoms with van der Waals surface area (Å²) in [7, 11) is 0. The van der Waals surface area contributed by atoms with Crippen molar-refractivity contribution in [3.63, 3.8) is 0 Å². The Labute approximate surface area is 87.6 Å². The number of hydrogen-bond acceptors (Lipinski definition) is 2. The molecule has 1 rings (SSSR count). The van der Waals surface area contributed by atoms with Gasteiger partial charge in [-0.05, 0) is 45.6 Å². The minimum Gasteiger partial charge on any atom is -0.396 e. The fourth-order valence-corrected chi connectivity index (χ4v) is 2.16. The van der Waals surface area contributed by atoms with Crippen LogP contribution in [0.2, 0.25) is 0 Å². The molecule has 0 spiro atoms. The molecule has 0 amide bonds. The van der Waals surface area contributed by atoms with Gasteiger partial charge >= 0.3 is 0 Å². The molecule has 0 radical (unpaired) electrons. The summed E-state index contributed by atoms with van der Waals surface area (Å²) in [6.45, 7) is 11.2. The van der Waals surface area contributed by atoms with Gasteiger partial charge in [-0.15, -0.1) is 0 Å². The predicted molar refractivity (Wildman–Crippen MR) is 60.3 cm³/mol. The molecule has 2 nitrogen and oxygen atoms in total. The molecule has 1 N–H and O–H groups in total. The second-order valence-electron chi connectivity index (χ2n) is 4.56. The van der Waals surface area contributed by atoms with Gasteiger partial charge in [0.15, 0.2) is 0 Å². The zero-order chi connectivity index (χ0) is 10.6. The van der Waals surface area contributed by atoms with Gasteiger partial charge in [0, 0.05) is 19.2 Å². The molecule has 2 heteroatoms. The molecule has 1 aliphatic heterocycles. The maximum atomic E-state index is 8.87. The van der Waals surface area contributed by atoms with Crippen LogP contribution < -0.4 is 0 Å². The largest absolute Gasteiger partial charge is 0.396 e. The molecule has 0 aromatic rings. The number of piperidine rings is 1. The Balaban J connectivity index is 2.43. The molecule has 0 aromatic heterocycles. The van der Waals surface area contributed by atoms with E-state index in [1.807, 2.05) is 0 Å². The topological polar surface area (TPSA) is 23.5 Å². The van der Waals surface area contributed by atoms with Crippen molar-refractivity contribution in [3.05, 3.63) is 12.2 Å². The normalized spacial score (nSPS) is 24.1. The van der Waals surface area contributed by atoms with Crippen molar-refractivity contribution in [2.45, 2.75) is 39.2 Å². The number of hydrogen-bond donors (Lipinski definition) is 1. The highest BCUT2D eigenvalue weighted by molar-refractivity contribution is 5.03. The van der Waals surface area contributed by atoms with Crippen LogP contribution in [-0.4, -0.2) is 35.7 Å². The van der Waals surface area contributed by atoms with E-state index in [0.717, 1.165) is 13.0 Å². The third kappa shape index (κ3) is 3.10. The van der Waals surface area contributed by atoms with Gasteiger partial charge in [0.1, 0.15) is 0 Å². The number of aliphatic hydroxyl groups is 1. The number of aliphatic hydroxyl groups excluding tert-OH is 1. The van der Waals surface area contributed by atoms with Crippen molar-refractivity contribution < 1.29 is 5.11 Å². The number of likely N-dealkylation sites (tertiary alicyclic amines) is 1. The number of rotatable bonds is 4. The average Bonchev–Trinajstić information content (AvgIpc) is 2.18. The minimum absolute atomic E-state index is 0.247. The van der Waals surface area contributed by atoms with Crippen LogP contribution in [0.4, 0.5) is 0 Å². The minimum atomic E-state index is 0.247. The molecule has 1 aliphatic rings. The standard InChI is InChI=1S/C12H23NO/c1-10(2)13-7-4-5-12(9-13)11(3)6-8-14/h10,12,14H,3-9H2,1-2H3. The molecular formula is C12H23NO. The van der Waals surface area contributed by atoms with E-state index in [9.17, 15) is 0 Å². The van der Waals surface area contributed by atoms with E-state index < -0.39 is 0 Å². The van der Waals surface area contributed by atoms with Crippen LogP contribution in [0.3, 0.4) is 0 Å². The first-order valence-electron chi connectivity index (χ1n) is 5.67. The molecule has 0 saturated carbocycles. The summed E-state index contributed by atoms with van der Waals surface area (Å²) in [5.74, 6) is 0.610. The SMILES string of the molecule is C=C(CCO)C1CCCN(C(C)C)C1. The molecule has 1 heterocycles. The van der Waals surface area contributed by atoms with Gasteiger partial charge in [0.05, 0.1) is 0 Å². The van der Waals surface area contributed by atoms with E-state index in [0.29, 0.717) is 12.0 Å². The van der Waals surface area contributed by atoms with E-state index >= 15 is 0 Å². The van der Waals surface area contributed by atoms with Gasteiger partial charge in [0.25, 0.3) is 0 Å². The smallest absolute Gasteiger partial charge is 0.0468 e. The van der Waals surface area contributed by atoms with Crippen molar-refractivity contribution in [3.8, 4) is 0 Å². The molecule has 1 unspecified atom stereocenters. The highest BCUT2D eigenvalue weighted by Crippen LogP contribution is 2.25. The third-order valence-electron chi connectivity index (χ3n) is 3.19. The van der Waals surface area contributed by atoms with Crippen LogP contribution in [0.25, 0.3) is 0 Å². The molecule has 1 fully saturated rings. The number of nitrogens with zero attached hydrogens (tertiary/aromatic N) is 1. The van der Waals surface area contributed by atoms with E-state index in [2.05, 4.69) is 25.3 Å². The second-order valence-corrected chi connectivity index (χ2v) is 4.56. The lowest BCUT2D eigenvalue weighted by Crippen LogP contribution is -2.40. The Hall–Kier alpha value is -0.340. The van der Waals surface area contributed by atoms with Crippen molar-refractivity contribution in [2.75, 3.05) is 19.7 Å². The van der Waals surface area contributed by atoms with Crippen molar-refractivity contribution >= 4 is 0 Å². The maximum absolute atomic E-state index is 8.87. The molecular weight excluding hydrogens is 174 g/mol. The van der Waals surface area contributed by atoms with Crippen LogP contribution in [0.15, 0.2) is 12.2 Å². The maximum Gasteiger partial charge on any atom is 0.0468 e. The van der Waals surface area contributed by atoms with Gasteiger partial charge in [-0.25, -0.2) is 0 Å². The highest BCUT2D eigenvalue weighted by atomic mass is 16.2. The summed E-state index contributed by atoms with van der Waals surface area (Å²) in [6.07, 6.45) is 3.30. The van der Waals surface area contributed by atoms with Crippen LogP contribution in [0.5, 0.6) is 0 Å². The molecule has 1 atom stereocenters. The summed E-state index contributed by atoms with van der Waals surface area (Å²) >= 11 is 0. The van der Waals surface area contributed by atoms with Gasteiger partial charge in [-0.3, -0.25) is 0 Å². The van der Waals surface area contributed by atoms with Gasteiger partial charge in [-0.1, -0.05) is 12.2 Å². The molecule has 0 bridgehead atoms. The Kier molecular flexibility index (Phi) is 4.63. The summed E-state index contributed by atoms with van der Waals surface area (Å²) in [5, 5.41) is 8.87. The summed E-state index contributed by atoms with van der Waals surface area (Å²) in [6, 6.07) is 0.639. The molecule has 82 valence electrons. The second kappa shape index (κ2) is 5.52. The van der Waals surface area contributed by atoms with E-state index in [1.54, 1.807) is 0 Å². The lowest BCUT2D eigenvalue weighted by Gasteiger charge is -2.36. The van der Waals surface area contributed by atoms with E-state index in [-0.39, 0.29) is 6.61 Å². The van der Waals surface area contributed by atoms with Crippen LogP contribution in [0.1, 0.15) is 33.1 Å². The quantitative estimate of drug-likeness (QED) is 0.697. The van der Waals surface area contributed by atoms with Crippen LogP contribution in [0, 0.1) is 5.92 Å². The van der Waals surface area contributed by atoms with Crippen molar-refractivity contribution in [1.82, 2.24) is 4.90 Å².